The highest BCUT2D eigenvalue weighted by Crippen LogP contribution is 2.33. The predicted molar refractivity (Wildman–Crippen MR) is 93.7 cm³/mol. The Hall–Kier alpha value is -1.09. The van der Waals surface area contributed by atoms with Crippen molar-refractivity contribution in [3.63, 3.8) is 0 Å². The summed E-state index contributed by atoms with van der Waals surface area (Å²) in [5, 5.41) is 3.05. The predicted octanol–water partition coefficient (Wildman–Crippen LogP) is 0.656. The molecule has 2 fully saturated rings. The molecule has 2 heterocycles. The number of hydrogen-bond donors (Lipinski definition) is 2. The summed E-state index contributed by atoms with van der Waals surface area (Å²) in [6, 6.07) is 8.06. The van der Waals surface area contributed by atoms with Crippen LogP contribution in [0.3, 0.4) is 0 Å². The molecule has 0 radical (unpaired) electrons. The zero-order valence-corrected chi connectivity index (χ0v) is 15.2. The third-order valence-corrected chi connectivity index (χ3v) is 7.34. The van der Waals surface area contributed by atoms with E-state index in [9.17, 15) is 13.2 Å². The van der Waals surface area contributed by atoms with Gasteiger partial charge in [-0.1, -0.05) is 12.1 Å². The Morgan fingerprint density at radius 2 is 2.00 bits per heavy atom. The van der Waals surface area contributed by atoms with Crippen LogP contribution in [0.25, 0.3) is 0 Å². The topological polar surface area (TPSA) is 98.5 Å². The highest BCUT2D eigenvalue weighted by Gasteiger charge is 2.48. The molecule has 1 aromatic rings. The standard InChI is InChI=1S/C16H22N2O4S2/c1-23-13-4-2-12(3-5-13)16(6-7-22-9-16)18-14(19)8-15(17)10-24(20,21)11-15/h2-5H,6-11,17H2,1H3,(H,18,19). The normalized spacial score (nSPS) is 27.4. The van der Waals surface area contributed by atoms with E-state index in [1.807, 2.05) is 30.5 Å². The van der Waals surface area contributed by atoms with Crippen molar-refractivity contribution < 1.29 is 17.9 Å². The van der Waals surface area contributed by atoms with Crippen molar-refractivity contribution >= 4 is 27.5 Å². The first kappa shape index (κ1) is 17.7. The summed E-state index contributed by atoms with van der Waals surface area (Å²) < 4.78 is 28.2. The van der Waals surface area contributed by atoms with Gasteiger partial charge in [0, 0.05) is 24.3 Å². The lowest BCUT2D eigenvalue weighted by Crippen LogP contribution is -2.64. The van der Waals surface area contributed by atoms with Gasteiger partial charge in [0.05, 0.1) is 29.2 Å². The van der Waals surface area contributed by atoms with Crippen LogP contribution in [0.5, 0.6) is 0 Å². The van der Waals surface area contributed by atoms with E-state index in [1.54, 1.807) is 11.8 Å². The van der Waals surface area contributed by atoms with Crippen molar-refractivity contribution in [1.29, 1.82) is 0 Å². The van der Waals surface area contributed by atoms with E-state index < -0.39 is 20.9 Å². The molecule has 1 aromatic carbocycles. The maximum atomic E-state index is 12.5. The molecule has 2 aliphatic rings. The van der Waals surface area contributed by atoms with Crippen LogP contribution in [-0.4, -0.2) is 50.8 Å². The molecule has 3 N–H and O–H groups in total. The van der Waals surface area contributed by atoms with E-state index in [1.165, 1.54) is 0 Å². The lowest BCUT2D eigenvalue weighted by atomic mass is 9.88. The van der Waals surface area contributed by atoms with Crippen molar-refractivity contribution in [2.24, 2.45) is 5.73 Å². The quantitative estimate of drug-likeness (QED) is 0.739. The molecule has 0 aromatic heterocycles. The number of benzene rings is 1. The van der Waals surface area contributed by atoms with Crippen LogP contribution in [0.4, 0.5) is 0 Å². The van der Waals surface area contributed by atoms with Crippen LogP contribution >= 0.6 is 11.8 Å². The van der Waals surface area contributed by atoms with Gasteiger partial charge in [0.2, 0.25) is 5.91 Å². The number of hydrogen-bond acceptors (Lipinski definition) is 6. The Morgan fingerprint density at radius 1 is 1.33 bits per heavy atom. The van der Waals surface area contributed by atoms with Crippen molar-refractivity contribution in [2.75, 3.05) is 31.0 Å². The summed E-state index contributed by atoms with van der Waals surface area (Å²) in [6.07, 6.45) is 2.71. The first-order valence-electron chi connectivity index (χ1n) is 7.79. The fraction of sp³-hybridized carbons (Fsp3) is 0.562. The van der Waals surface area contributed by atoms with Crippen molar-refractivity contribution in [1.82, 2.24) is 5.32 Å². The van der Waals surface area contributed by atoms with Crippen LogP contribution in [-0.2, 0) is 24.9 Å². The molecule has 0 aliphatic carbocycles. The van der Waals surface area contributed by atoms with Crippen LogP contribution < -0.4 is 11.1 Å². The zero-order chi connectivity index (χ0) is 17.4. The molecule has 2 aliphatic heterocycles. The number of nitrogens with two attached hydrogens (primary N) is 1. The van der Waals surface area contributed by atoms with Crippen LogP contribution in [0, 0.1) is 0 Å². The van der Waals surface area contributed by atoms with Gasteiger partial charge in [-0.25, -0.2) is 8.42 Å². The molecule has 8 heteroatoms. The Bertz CT molecular complexity index is 713. The fourth-order valence-corrected chi connectivity index (χ4v) is 5.72. The summed E-state index contributed by atoms with van der Waals surface area (Å²) in [7, 11) is -3.07. The lowest BCUT2D eigenvalue weighted by molar-refractivity contribution is -0.124. The number of thioether (sulfide) groups is 1. The second-order valence-corrected chi connectivity index (χ2v) is 9.68. The van der Waals surface area contributed by atoms with Gasteiger partial charge in [-0.3, -0.25) is 4.79 Å². The van der Waals surface area contributed by atoms with Crippen LogP contribution in [0.15, 0.2) is 29.2 Å². The van der Waals surface area contributed by atoms with Crippen LogP contribution in [0.2, 0.25) is 0 Å². The Kier molecular flexibility index (Phi) is 4.67. The summed E-state index contributed by atoms with van der Waals surface area (Å²) in [6.45, 7) is 0.986. The highest BCUT2D eigenvalue weighted by molar-refractivity contribution is 7.98. The van der Waals surface area contributed by atoms with Gasteiger partial charge in [-0.2, -0.15) is 0 Å². The number of carbonyl (C=O) groups excluding carboxylic acids is 1. The maximum Gasteiger partial charge on any atom is 0.222 e. The minimum absolute atomic E-state index is 0.0108. The summed E-state index contributed by atoms with van der Waals surface area (Å²) in [4.78, 5) is 13.6. The third kappa shape index (κ3) is 3.61. The summed E-state index contributed by atoms with van der Waals surface area (Å²) >= 11 is 1.66. The number of carbonyl (C=O) groups is 1. The Morgan fingerprint density at radius 3 is 2.50 bits per heavy atom. The average molecular weight is 370 g/mol. The van der Waals surface area contributed by atoms with Gasteiger partial charge in [-0.05, 0) is 24.0 Å². The van der Waals surface area contributed by atoms with E-state index in [-0.39, 0.29) is 23.8 Å². The van der Waals surface area contributed by atoms with Crippen LogP contribution in [0.1, 0.15) is 18.4 Å². The third-order valence-electron chi connectivity index (χ3n) is 4.57. The minimum atomic E-state index is -3.07. The molecule has 0 bridgehead atoms. The molecule has 1 unspecified atom stereocenters. The molecule has 0 saturated carbocycles. The van der Waals surface area contributed by atoms with E-state index in [4.69, 9.17) is 10.5 Å². The highest BCUT2D eigenvalue weighted by atomic mass is 32.2. The second-order valence-electron chi connectivity index (χ2n) is 6.73. The van der Waals surface area contributed by atoms with E-state index in [0.717, 1.165) is 10.5 Å². The Labute approximate surface area is 146 Å². The molecule has 1 atom stereocenters. The summed E-state index contributed by atoms with van der Waals surface area (Å²) in [5.41, 5.74) is 5.50. The SMILES string of the molecule is CSc1ccc(C2(NC(=O)CC3(N)CS(=O)(=O)C3)CCOC2)cc1. The fourth-order valence-electron chi connectivity index (χ4n) is 3.44. The largest absolute Gasteiger partial charge is 0.379 e. The number of rotatable bonds is 5. The minimum Gasteiger partial charge on any atom is -0.379 e. The number of nitrogens with one attached hydrogen (secondary N) is 1. The molecule has 132 valence electrons. The van der Waals surface area contributed by atoms with Gasteiger partial charge < -0.3 is 15.8 Å². The molecular weight excluding hydrogens is 348 g/mol. The van der Waals surface area contributed by atoms with Gasteiger partial charge in [0.15, 0.2) is 9.84 Å². The van der Waals surface area contributed by atoms with Crippen molar-refractivity contribution in [3.05, 3.63) is 29.8 Å². The van der Waals surface area contributed by atoms with Crippen molar-refractivity contribution in [3.8, 4) is 0 Å². The molecule has 0 spiro atoms. The van der Waals surface area contributed by atoms with Gasteiger partial charge in [0.1, 0.15) is 0 Å². The smallest absolute Gasteiger partial charge is 0.222 e. The lowest BCUT2D eigenvalue weighted by Gasteiger charge is -2.38. The average Bonchev–Trinajstić information content (AvgIpc) is 2.94. The molecule has 2 saturated heterocycles. The monoisotopic (exact) mass is 370 g/mol. The molecule has 6 nitrogen and oxygen atoms in total. The molecular formula is C16H22N2O4S2. The van der Waals surface area contributed by atoms with E-state index in [0.29, 0.717) is 19.6 Å². The van der Waals surface area contributed by atoms with Gasteiger partial charge >= 0.3 is 0 Å². The van der Waals surface area contributed by atoms with E-state index in [2.05, 4.69) is 5.32 Å². The first-order chi connectivity index (χ1) is 11.3. The zero-order valence-electron chi connectivity index (χ0n) is 13.6. The summed E-state index contributed by atoms with van der Waals surface area (Å²) in [5.74, 6) is -0.481. The van der Waals surface area contributed by atoms with E-state index >= 15 is 0 Å². The maximum absolute atomic E-state index is 12.5. The van der Waals surface area contributed by atoms with Gasteiger partial charge in [0.25, 0.3) is 0 Å². The molecule has 1 amide bonds. The van der Waals surface area contributed by atoms with Crippen molar-refractivity contribution in [2.45, 2.75) is 28.8 Å². The number of amides is 1. The second kappa shape index (κ2) is 6.33. The molecule has 3 rings (SSSR count). The Balaban J connectivity index is 1.72. The molecule has 24 heavy (non-hydrogen) atoms. The number of sulfone groups is 1. The van der Waals surface area contributed by atoms with Gasteiger partial charge in [-0.15, -0.1) is 11.8 Å². The first-order valence-corrected chi connectivity index (χ1v) is 10.8. The number of ether oxygens (including phenoxy) is 1.